The zero-order valence-corrected chi connectivity index (χ0v) is 32.3. The van der Waals surface area contributed by atoms with Crippen LogP contribution < -0.4 is 5.73 Å². The van der Waals surface area contributed by atoms with Crippen LogP contribution in [-0.4, -0.2) is 104 Å². The van der Waals surface area contributed by atoms with Gasteiger partial charge in [-0.15, -0.1) is 0 Å². The first-order valence-corrected chi connectivity index (χ1v) is 20.2. The number of amides is 2. The number of carbonyl (C=O) groups excluding carboxylic acids is 3. The van der Waals surface area contributed by atoms with Gasteiger partial charge in [0.25, 0.3) is 11.8 Å². The Hall–Kier alpha value is -5.30. The maximum absolute atomic E-state index is 14.4. The van der Waals surface area contributed by atoms with Crippen LogP contribution in [0.25, 0.3) is 32.3 Å². The Morgan fingerprint density at radius 2 is 1.22 bits per heavy atom. The molecule has 6 aromatic carbocycles. The highest BCUT2D eigenvalue weighted by molar-refractivity contribution is 7.53. The number of piperidine rings is 1. The van der Waals surface area contributed by atoms with Crippen molar-refractivity contribution in [2.75, 3.05) is 40.0 Å². The van der Waals surface area contributed by atoms with Crippen LogP contribution in [0.1, 0.15) is 62.6 Å². The van der Waals surface area contributed by atoms with Gasteiger partial charge >= 0.3 is 7.60 Å². The number of fused-ring (bicyclic) bond motifs is 3. The maximum atomic E-state index is 14.4. The molecule has 1 heterocycles. The van der Waals surface area contributed by atoms with Crippen molar-refractivity contribution in [2.24, 2.45) is 5.73 Å². The molecule has 0 aliphatic carbocycles. The first-order valence-electron chi connectivity index (χ1n) is 18.5. The summed E-state index contributed by atoms with van der Waals surface area (Å²) >= 11 is 0. The summed E-state index contributed by atoms with van der Waals surface area (Å²) in [6, 6.07) is 36.0. The Morgan fingerprint density at radius 3 is 1.78 bits per heavy atom. The van der Waals surface area contributed by atoms with Crippen LogP contribution in [0.2, 0.25) is 0 Å². The van der Waals surface area contributed by atoms with E-state index in [-0.39, 0.29) is 36.1 Å². The zero-order valence-electron chi connectivity index (χ0n) is 31.4. The monoisotopic (exact) mass is 807 g/mol. The van der Waals surface area contributed by atoms with Crippen LogP contribution in [0, 0.1) is 0 Å². The number of aliphatic hydroxyl groups is 3. The first-order chi connectivity index (χ1) is 27.3. The van der Waals surface area contributed by atoms with Crippen molar-refractivity contribution >= 4 is 57.5 Å². The van der Waals surface area contributed by atoms with Gasteiger partial charge in [-0.3, -0.25) is 18.9 Å². The van der Waals surface area contributed by atoms with Gasteiger partial charge in [-0.1, -0.05) is 104 Å². The van der Waals surface area contributed by atoms with E-state index < -0.39 is 50.3 Å². The molecule has 12 nitrogen and oxygen atoms in total. The minimum absolute atomic E-state index is 0. The van der Waals surface area contributed by atoms with Gasteiger partial charge in [0, 0.05) is 37.3 Å². The summed E-state index contributed by atoms with van der Waals surface area (Å²) in [5.74, 6) is -1.30. The van der Waals surface area contributed by atoms with Gasteiger partial charge in [0.2, 0.25) is 0 Å². The smallest absolute Gasteiger partial charge is 0.340 e. The lowest BCUT2D eigenvalue weighted by molar-refractivity contribution is 0.0567. The predicted molar refractivity (Wildman–Crippen MR) is 227 cm³/mol. The number of hydrogen-bond donors (Lipinski definition) is 6. The van der Waals surface area contributed by atoms with E-state index in [1.54, 1.807) is 59.3 Å². The Morgan fingerprint density at radius 1 is 0.724 bits per heavy atom. The molecule has 1 aliphatic heterocycles. The quantitative estimate of drug-likeness (QED) is 0.0713. The molecule has 1 aliphatic rings. The molecule has 1 atom stereocenters. The molecule has 0 spiro atoms. The predicted octanol–water partition coefficient (Wildman–Crippen LogP) is 5.92. The normalized spacial score (nSPS) is 14.0. The Labute approximate surface area is 337 Å². The third kappa shape index (κ3) is 9.36. The lowest BCUT2D eigenvalue weighted by Crippen LogP contribution is -2.50. The summed E-state index contributed by atoms with van der Waals surface area (Å²) in [5, 5.41) is 29.8. The molecule has 7 rings (SSSR count). The molecule has 0 radical (unpaired) electrons. The van der Waals surface area contributed by atoms with Gasteiger partial charge in [0.15, 0.2) is 5.78 Å². The topological polar surface area (TPSA) is 202 Å². The molecule has 1 saturated heterocycles. The van der Waals surface area contributed by atoms with Crippen LogP contribution in [0.5, 0.6) is 0 Å². The molecule has 0 bridgehead atoms. The van der Waals surface area contributed by atoms with Crippen molar-refractivity contribution in [3.8, 4) is 0 Å². The first kappa shape index (κ1) is 43.8. The van der Waals surface area contributed by atoms with Gasteiger partial charge in [-0.2, -0.15) is 0 Å². The van der Waals surface area contributed by atoms with Crippen molar-refractivity contribution in [1.82, 2.24) is 9.80 Å². The average Bonchev–Trinajstić information content (AvgIpc) is 3.24. The molecule has 0 aromatic heterocycles. The molecular formula is C45H50N3O9P. The van der Waals surface area contributed by atoms with Crippen molar-refractivity contribution in [3.63, 3.8) is 0 Å². The van der Waals surface area contributed by atoms with Gasteiger partial charge in [0.1, 0.15) is 5.66 Å². The second-order valence-electron chi connectivity index (χ2n) is 14.5. The fraction of sp³-hybridized carbons (Fsp3) is 0.267. The summed E-state index contributed by atoms with van der Waals surface area (Å²) < 4.78 is 13.1. The highest BCUT2D eigenvalue weighted by Gasteiger charge is 2.41. The molecule has 304 valence electrons. The number of hydrogen-bond acceptors (Lipinski definition) is 8. The third-order valence-corrected chi connectivity index (χ3v) is 11.8. The molecule has 6 aromatic rings. The van der Waals surface area contributed by atoms with E-state index >= 15 is 0 Å². The number of nitrogens with zero attached hydrogens (tertiary/aromatic N) is 2. The third-order valence-electron chi connectivity index (χ3n) is 10.6. The maximum Gasteiger partial charge on any atom is 0.340 e. The number of carbonyl (C=O) groups is 3. The molecule has 7 N–H and O–H groups in total. The van der Waals surface area contributed by atoms with Crippen LogP contribution in [0.3, 0.4) is 0 Å². The lowest BCUT2D eigenvalue weighted by atomic mass is 9.91. The fourth-order valence-electron chi connectivity index (χ4n) is 7.20. The number of nitrogens with two attached hydrogens (primary N) is 1. The summed E-state index contributed by atoms with van der Waals surface area (Å²) in [6.45, 7) is -0.294. The summed E-state index contributed by atoms with van der Waals surface area (Å²) in [4.78, 5) is 66.8. The highest BCUT2D eigenvalue weighted by atomic mass is 31.2. The van der Waals surface area contributed by atoms with Crippen molar-refractivity contribution < 1.29 is 44.1 Å². The second-order valence-corrected chi connectivity index (χ2v) is 16.2. The zero-order chi connectivity index (χ0) is 40.9. The molecule has 2 amide bonds. The number of ketones is 1. The van der Waals surface area contributed by atoms with Gasteiger partial charge in [-0.05, 0) is 75.0 Å². The minimum Gasteiger partial charge on any atom is -0.394 e. The Bertz CT molecular complexity index is 2460. The lowest BCUT2D eigenvalue weighted by Gasteiger charge is -2.37. The van der Waals surface area contributed by atoms with Gasteiger partial charge in [0.05, 0.1) is 30.9 Å². The highest BCUT2D eigenvalue weighted by Crippen LogP contribution is 2.55. The van der Waals surface area contributed by atoms with E-state index in [2.05, 4.69) is 0 Å². The van der Waals surface area contributed by atoms with Crippen molar-refractivity contribution in [3.05, 3.63) is 144 Å². The van der Waals surface area contributed by atoms with Crippen LogP contribution in [0.4, 0.5) is 0 Å². The summed E-state index contributed by atoms with van der Waals surface area (Å²) in [6.07, 6.45) is 1.08. The van der Waals surface area contributed by atoms with Crippen LogP contribution in [-0.2, 0) is 4.57 Å². The molecule has 1 fully saturated rings. The Balaban J connectivity index is 0.000000646. The van der Waals surface area contributed by atoms with E-state index in [0.29, 0.717) is 42.3 Å². The second kappa shape index (κ2) is 18.5. The number of likely N-dealkylation sites (tertiary alicyclic amines) is 1. The standard InChI is InChI=1S/C40H35N2O6P.C4H11NO3.CH4/c1-41(32-19-21-42(22-20-32)39(44)31-18-17-26-9-2-3-11-28(26)23-31)40(45)36-25-30-13-5-4-12-29(30)24-35(36)37(43)38(49(46,47)48)34-16-8-14-27-10-6-7-15-33(27)34;5-4(1-6,2-7)3-8;/h2-18,23-25,32,38H,19-22H2,1H3,(H2,46,47,48);6-8H,1-3,5H2;1H4. The van der Waals surface area contributed by atoms with E-state index in [0.717, 1.165) is 21.5 Å². The van der Waals surface area contributed by atoms with Gasteiger partial charge < -0.3 is 40.6 Å². The SMILES string of the molecule is C.CN(C(=O)c1cc2ccccc2cc1C(=O)C(c1cccc2ccccc12)P(=O)(O)O)C1CCN(C(=O)c2ccc3ccccc3c2)CC1.NC(CO)(CO)CO. The number of aliphatic hydroxyl groups excluding tert-OH is 3. The fourth-order valence-corrected chi connectivity index (χ4v) is 8.23. The molecular weight excluding hydrogens is 757 g/mol. The number of Topliss-reactive ketones (excluding diaryl/α,β-unsaturated/α-hetero) is 1. The molecule has 1 unspecified atom stereocenters. The van der Waals surface area contributed by atoms with Crippen molar-refractivity contribution in [2.45, 2.75) is 37.5 Å². The number of benzene rings is 6. The Kier molecular flexibility index (Phi) is 14.0. The van der Waals surface area contributed by atoms with E-state index in [9.17, 15) is 28.7 Å². The largest absolute Gasteiger partial charge is 0.394 e. The van der Waals surface area contributed by atoms with Gasteiger partial charge in [-0.25, -0.2) is 0 Å². The minimum atomic E-state index is -5.05. The van der Waals surface area contributed by atoms with Crippen LogP contribution in [0.15, 0.2) is 121 Å². The summed E-state index contributed by atoms with van der Waals surface area (Å²) in [5.41, 5.74) is 3.00. The van der Waals surface area contributed by atoms with Crippen LogP contribution >= 0.6 is 7.60 Å². The van der Waals surface area contributed by atoms with E-state index in [1.807, 2.05) is 78.9 Å². The molecule has 13 heteroatoms. The number of rotatable bonds is 10. The molecule has 0 saturated carbocycles. The van der Waals surface area contributed by atoms with E-state index in [1.165, 1.54) is 0 Å². The van der Waals surface area contributed by atoms with Crippen molar-refractivity contribution in [1.29, 1.82) is 0 Å². The average molecular weight is 808 g/mol. The summed E-state index contributed by atoms with van der Waals surface area (Å²) in [7, 11) is -3.37. The molecule has 58 heavy (non-hydrogen) atoms. The van der Waals surface area contributed by atoms with E-state index in [4.69, 9.17) is 21.1 Å².